The minimum Gasteiger partial charge on any atom is -0.466 e. The molecule has 8 heteroatoms. The van der Waals surface area contributed by atoms with E-state index >= 15 is 0 Å². The molecular formula is C20H31FIN3O3. The molecule has 1 aromatic rings. The second-order valence-corrected chi connectivity index (χ2v) is 6.54. The number of nitrogens with zero attached hydrogens (tertiary/aromatic N) is 2. The minimum atomic E-state index is -0.254. The Morgan fingerprint density at radius 2 is 2.04 bits per heavy atom. The zero-order chi connectivity index (χ0) is 19.6. The standard InChI is InChI=1S/C20H30FN3O3.HI/c1-4-22-20(23-12-6-7-19(25)26-5-2)24-13-15(3)27-18(14-24)16-8-10-17(21)11-9-16;/h8-11,15,18H,4-7,12-14H2,1-3H3,(H,22,23);1H. The number of benzene rings is 1. The number of halogens is 2. The fourth-order valence-corrected chi connectivity index (χ4v) is 3.05. The van der Waals surface area contributed by atoms with E-state index in [4.69, 9.17) is 9.47 Å². The molecule has 0 amide bonds. The molecule has 1 aliphatic rings. The number of ether oxygens (including phenoxy) is 2. The molecule has 1 aliphatic heterocycles. The van der Waals surface area contributed by atoms with E-state index in [2.05, 4.69) is 15.2 Å². The van der Waals surface area contributed by atoms with Gasteiger partial charge in [-0.1, -0.05) is 12.1 Å². The monoisotopic (exact) mass is 507 g/mol. The van der Waals surface area contributed by atoms with Crippen molar-refractivity contribution in [3.63, 3.8) is 0 Å². The van der Waals surface area contributed by atoms with Gasteiger partial charge in [-0.25, -0.2) is 4.39 Å². The zero-order valence-corrected chi connectivity index (χ0v) is 19.1. The quantitative estimate of drug-likeness (QED) is 0.201. The number of nitrogens with one attached hydrogen (secondary N) is 1. The van der Waals surface area contributed by atoms with Gasteiger partial charge in [0.1, 0.15) is 11.9 Å². The predicted molar refractivity (Wildman–Crippen MR) is 119 cm³/mol. The number of rotatable bonds is 7. The van der Waals surface area contributed by atoms with E-state index in [0.29, 0.717) is 32.5 Å². The predicted octanol–water partition coefficient (Wildman–Crippen LogP) is 3.51. The maximum atomic E-state index is 13.2. The Labute approximate surface area is 183 Å². The lowest BCUT2D eigenvalue weighted by Crippen LogP contribution is -2.50. The highest BCUT2D eigenvalue weighted by molar-refractivity contribution is 14.0. The van der Waals surface area contributed by atoms with Gasteiger partial charge in [0.25, 0.3) is 0 Å². The number of esters is 1. The van der Waals surface area contributed by atoms with Gasteiger partial charge in [0, 0.05) is 26.1 Å². The number of aliphatic imine (C=N–C) groups is 1. The molecule has 1 heterocycles. The number of carbonyl (C=O) groups is 1. The number of morpholine rings is 1. The molecule has 28 heavy (non-hydrogen) atoms. The average Bonchev–Trinajstić information content (AvgIpc) is 2.64. The Morgan fingerprint density at radius 1 is 1.32 bits per heavy atom. The van der Waals surface area contributed by atoms with Crippen molar-refractivity contribution in [2.45, 2.75) is 45.8 Å². The Morgan fingerprint density at radius 3 is 2.68 bits per heavy atom. The van der Waals surface area contributed by atoms with Crippen molar-refractivity contribution in [1.82, 2.24) is 10.2 Å². The van der Waals surface area contributed by atoms with E-state index in [9.17, 15) is 9.18 Å². The first kappa shape index (κ1) is 24.6. The van der Waals surface area contributed by atoms with E-state index in [1.807, 2.05) is 13.8 Å². The van der Waals surface area contributed by atoms with Crippen LogP contribution in [0.5, 0.6) is 0 Å². The molecule has 2 atom stereocenters. The average molecular weight is 507 g/mol. The van der Waals surface area contributed by atoms with Crippen molar-refractivity contribution in [3.05, 3.63) is 35.6 Å². The third-order valence-electron chi connectivity index (χ3n) is 4.24. The fraction of sp³-hybridized carbons (Fsp3) is 0.600. The summed E-state index contributed by atoms with van der Waals surface area (Å²) in [6.07, 6.45) is 0.902. The van der Waals surface area contributed by atoms with Crippen LogP contribution < -0.4 is 5.32 Å². The molecule has 0 aromatic heterocycles. The van der Waals surface area contributed by atoms with Crippen LogP contribution in [0.15, 0.2) is 29.3 Å². The van der Waals surface area contributed by atoms with Crippen LogP contribution in [-0.2, 0) is 14.3 Å². The lowest BCUT2D eigenvalue weighted by Gasteiger charge is -2.38. The smallest absolute Gasteiger partial charge is 0.305 e. The minimum absolute atomic E-state index is 0. The molecule has 1 N–H and O–H groups in total. The topological polar surface area (TPSA) is 63.2 Å². The van der Waals surface area contributed by atoms with Crippen LogP contribution in [-0.4, -0.2) is 55.7 Å². The normalized spacial score (nSPS) is 19.7. The van der Waals surface area contributed by atoms with Crippen molar-refractivity contribution in [2.24, 2.45) is 4.99 Å². The molecule has 158 valence electrons. The summed E-state index contributed by atoms with van der Waals surface area (Å²) in [5, 5.41) is 3.31. The first-order chi connectivity index (χ1) is 13.0. The fourth-order valence-electron chi connectivity index (χ4n) is 3.05. The maximum absolute atomic E-state index is 13.2. The number of hydrogen-bond donors (Lipinski definition) is 1. The highest BCUT2D eigenvalue weighted by Crippen LogP contribution is 2.25. The molecule has 0 spiro atoms. The van der Waals surface area contributed by atoms with Gasteiger partial charge in [0.05, 0.1) is 19.3 Å². The summed E-state index contributed by atoms with van der Waals surface area (Å²) in [5.41, 5.74) is 0.950. The molecule has 0 bridgehead atoms. The number of carbonyl (C=O) groups excluding carboxylic acids is 1. The van der Waals surface area contributed by atoms with Gasteiger partial charge in [-0.05, 0) is 44.9 Å². The van der Waals surface area contributed by atoms with Gasteiger partial charge < -0.3 is 19.7 Å². The van der Waals surface area contributed by atoms with Crippen molar-refractivity contribution in [1.29, 1.82) is 0 Å². The van der Waals surface area contributed by atoms with Crippen molar-refractivity contribution in [3.8, 4) is 0 Å². The molecule has 1 saturated heterocycles. The first-order valence-electron chi connectivity index (χ1n) is 9.63. The van der Waals surface area contributed by atoms with Gasteiger partial charge in [-0.15, -0.1) is 24.0 Å². The summed E-state index contributed by atoms with van der Waals surface area (Å²) in [6, 6.07) is 6.44. The summed E-state index contributed by atoms with van der Waals surface area (Å²) in [6.45, 7) is 8.92. The van der Waals surface area contributed by atoms with Crippen LogP contribution in [0.1, 0.15) is 45.3 Å². The van der Waals surface area contributed by atoms with Gasteiger partial charge in [0.2, 0.25) is 0 Å². The van der Waals surface area contributed by atoms with Crippen LogP contribution in [0.25, 0.3) is 0 Å². The van der Waals surface area contributed by atoms with Crippen LogP contribution in [0.4, 0.5) is 4.39 Å². The van der Waals surface area contributed by atoms with Gasteiger partial charge >= 0.3 is 5.97 Å². The Balaban J connectivity index is 0.00000392. The van der Waals surface area contributed by atoms with E-state index < -0.39 is 0 Å². The zero-order valence-electron chi connectivity index (χ0n) is 16.8. The Kier molecular flexibility index (Phi) is 11.4. The summed E-state index contributed by atoms with van der Waals surface area (Å²) in [5.74, 6) is 0.369. The second kappa shape index (κ2) is 12.9. The molecule has 6 nitrogen and oxygen atoms in total. The van der Waals surface area contributed by atoms with Crippen molar-refractivity contribution >= 4 is 35.9 Å². The van der Waals surface area contributed by atoms with Crippen LogP contribution in [0.3, 0.4) is 0 Å². The molecular weight excluding hydrogens is 476 g/mol. The molecule has 1 fully saturated rings. The van der Waals surface area contributed by atoms with Crippen LogP contribution in [0, 0.1) is 5.82 Å². The van der Waals surface area contributed by atoms with Crippen molar-refractivity contribution in [2.75, 3.05) is 32.8 Å². The number of hydrogen-bond acceptors (Lipinski definition) is 4. The van der Waals surface area contributed by atoms with E-state index in [0.717, 1.165) is 24.6 Å². The highest BCUT2D eigenvalue weighted by Gasteiger charge is 2.28. The molecule has 0 saturated carbocycles. The summed E-state index contributed by atoms with van der Waals surface area (Å²) in [7, 11) is 0. The lowest BCUT2D eigenvalue weighted by atomic mass is 10.1. The lowest BCUT2D eigenvalue weighted by molar-refractivity contribution is -0.143. The third kappa shape index (κ3) is 7.90. The molecule has 2 rings (SSSR count). The molecule has 2 unspecified atom stereocenters. The van der Waals surface area contributed by atoms with Crippen molar-refractivity contribution < 1.29 is 18.7 Å². The first-order valence-corrected chi connectivity index (χ1v) is 9.63. The summed E-state index contributed by atoms with van der Waals surface area (Å²) >= 11 is 0. The molecule has 1 aromatic carbocycles. The van der Waals surface area contributed by atoms with Gasteiger partial charge in [-0.2, -0.15) is 0 Å². The third-order valence-corrected chi connectivity index (χ3v) is 4.24. The number of guanidine groups is 1. The van der Waals surface area contributed by atoms with E-state index in [1.165, 1.54) is 12.1 Å². The molecule has 0 aliphatic carbocycles. The van der Waals surface area contributed by atoms with Crippen LogP contribution >= 0.6 is 24.0 Å². The SMILES string of the molecule is CCNC(=NCCCC(=O)OCC)N1CC(C)OC(c2ccc(F)cc2)C1.I. The van der Waals surface area contributed by atoms with E-state index in [-0.39, 0.29) is 48.0 Å². The molecule has 0 radical (unpaired) electrons. The highest BCUT2D eigenvalue weighted by atomic mass is 127. The Bertz CT molecular complexity index is 628. The van der Waals surface area contributed by atoms with Gasteiger partial charge in [0.15, 0.2) is 5.96 Å². The summed E-state index contributed by atoms with van der Waals surface area (Å²) < 4.78 is 24.2. The largest absolute Gasteiger partial charge is 0.466 e. The maximum Gasteiger partial charge on any atom is 0.305 e. The summed E-state index contributed by atoms with van der Waals surface area (Å²) in [4.78, 5) is 18.3. The van der Waals surface area contributed by atoms with E-state index in [1.54, 1.807) is 19.1 Å². The van der Waals surface area contributed by atoms with Crippen LogP contribution in [0.2, 0.25) is 0 Å². The Hall–Kier alpha value is -1.42. The van der Waals surface area contributed by atoms with Gasteiger partial charge in [-0.3, -0.25) is 9.79 Å². The second-order valence-electron chi connectivity index (χ2n) is 6.54.